The maximum absolute atomic E-state index is 13.6. The van der Waals surface area contributed by atoms with Crippen LogP contribution in [-0.2, 0) is 30.6 Å². The van der Waals surface area contributed by atoms with Crippen LogP contribution < -0.4 is 32.2 Å². The SMILES string of the molecule is CC[n+]1c(N)nc(N)nc1C1=C(C(=O)[O-])N2C(=O)C(C=S)(NC(=O)/C(=N\OC(C)(C)C(=O)O)c3csc(N)n3)[C@@H]2SC1. The third-order valence-electron chi connectivity index (χ3n) is 6.24. The molecule has 0 saturated carbocycles. The minimum Gasteiger partial charge on any atom is -0.543 e. The van der Waals surface area contributed by atoms with Crippen LogP contribution in [0.25, 0.3) is 5.57 Å². The highest BCUT2D eigenvalue weighted by molar-refractivity contribution is 8.00. The van der Waals surface area contributed by atoms with E-state index in [-0.39, 0.29) is 46.4 Å². The van der Waals surface area contributed by atoms with Gasteiger partial charge < -0.3 is 42.4 Å². The topological polar surface area (TPSA) is 269 Å². The number of anilines is 3. The number of thioether (sulfide) groups is 1. The molecule has 20 heteroatoms. The Labute approximate surface area is 250 Å². The summed E-state index contributed by atoms with van der Waals surface area (Å²) in [5.41, 5.74) is 12.8. The number of oxime groups is 1. The molecule has 2 aliphatic heterocycles. The van der Waals surface area contributed by atoms with Gasteiger partial charge in [0.1, 0.15) is 11.1 Å². The molecule has 1 unspecified atom stereocenters. The summed E-state index contributed by atoms with van der Waals surface area (Å²) >= 11 is 7.21. The Morgan fingerprint density at radius 1 is 1.36 bits per heavy atom. The van der Waals surface area contributed by atoms with E-state index >= 15 is 0 Å². The number of thiocarbonyl (C=S) groups is 1. The highest BCUT2D eigenvalue weighted by Crippen LogP contribution is 2.47. The number of aliphatic carboxylic acids is 2. The maximum atomic E-state index is 13.6. The van der Waals surface area contributed by atoms with Gasteiger partial charge in [0.15, 0.2) is 16.4 Å². The van der Waals surface area contributed by atoms with Crippen molar-refractivity contribution in [2.24, 2.45) is 5.16 Å². The summed E-state index contributed by atoms with van der Waals surface area (Å²) in [7, 11) is 0. The van der Waals surface area contributed by atoms with Crippen molar-refractivity contribution >= 4 is 92.8 Å². The standard InChI is InChI=1S/C22H24N10O7S3/c1-4-31-12(27-18(23)28-19(31)24)8-5-41-16-22(7-40,15(36)32(16)11(8)14(34)35)29-13(33)10(9-6-42-20(25)26-9)30-39-21(2,3)17(37)38/h6-7,16H,4-5H2,1-3H3,(H8,23,24,25,26,28,29,33,34,35,37,38)/b30-10-/t16-,22?/m0/s1. The quantitative estimate of drug-likeness (QED) is 0.0593. The lowest BCUT2D eigenvalue weighted by atomic mass is 9.87. The summed E-state index contributed by atoms with van der Waals surface area (Å²) in [6.07, 6.45) is 0. The lowest BCUT2D eigenvalue weighted by Crippen LogP contribution is -2.81. The minimum atomic E-state index is -1.88. The van der Waals surface area contributed by atoms with E-state index in [0.29, 0.717) is 0 Å². The molecule has 17 nitrogen and oxygen atoms in total. The molecule has 0 bridgehead atoms. The number of rotatable bonds is 10. The normalized spacial score (nSPS) is 20.5. The van der Waals surface area contributed by atoms with Gasteiger partial charge in [-0.15, -0.1) is 23.1 Å². The number of amides is 2. The van der Waals surface area contributed by atoms with Gasteiger partial charge in [-0.1, -0.05) is 27.3 Å². The molecule has 2 aromatic rings. The first-order valence-electron chi connectivity index (χ1n) is 11.9. The van der Waals surface area contributed by atoms with Crippen molar-refractivity contribution in [1.29, 1.82) is 0 Å². The molecule has 0 aliphatic carbocycles. The zero-order chi connectivity index (χ0) is 31.1. The Hall–Kier alpha value is -4.43. The fraction of sp³-hybridized carbons (Fsp3) is 0.364. The Kier molecular flexibility index (Phi) is 8.07. The average molecular weight is 637 g/mol. The number of nitrogens with two attached hydrogens (primary N) is 3. The number of aromatic nitrogens is 4. The van der Waals surface area contributed by atoms with E-state index in [0.717, 1.165) is 33.4 Å². The number of nitrogens with zero attached hydrogens (tertiary/aromatic N) is 6. The van der Waals surface area contributed by atoms with Gasteiger partial charge >= 0.3 is 17.9 Å². The molecule has 4 heterocycles. The fourth-order valence-electron chi connectivity index (χ4n) is 4.06. The molecule has 0 radical (unpaired) electrons. The number of carbonyl (C=O) groups excluding carboxylic acids is 3. The Morgan fingerprint density at radius 2 is 2.05 bits per heavy atom. The molecule has 0 spiro atoms. The van der Waals surface area contributed by atoms with Crippen LogP contribution in [0, 0.1) is 0 Å². The van der Waals surface area contributed by atoms with Crippen molar-refractivity contribution in [3.05, 3.63) is 22.6 Å². The second kappa shape index (κ2) is 11.1. The minimum absolute atomic E-state index is 0.0180. The fourth-order valence-corrected chi connectivity index (χ4v) is 6.42. The van der Waals surface area contributed by atoms with E-state index < -0.39 is 51.7 Å². The molecular weight excluding hydrogens is 613 g/mol. The van der Waals surface area contributed by atoms with Gasteiger partial charge in [0.05, 0.1) is 23.8 Å². The van der Waals surface area contributed by atoms with Crippen LogP contribution >= 0.6 is 35.3 Å². The van der Waals surface area contributed by atoms with Crippen molar-refractivity contribution in [3.8, 4) is 0 Å². The van der Waals surface area contributed by atoms with E-state index in [4.69, 9.17) is 34.3 Å². The van der Waals surface area contributed by atoms with Crippen LogP contribution in [0.15, 0.2) is 16.2 Å². The number of fused-ring (bicyclic) bond motifs is 1. The number of carboxylic acid groups (broad SMARTS) is 2. The van der Waals surface area contributed by atoms with Crippen LogP contribution in [0.1, 0.15) is 32.3 Å². The Balaban J connectivity index is 1.73. The lowest BCUT2D eigenvalue weighted by Gasteiger charge is -2.56. The van der Waals surface area contributed by atoms with Crippen molar-refractivity contribution in [3.63, 3.8) is 0 Å². The Bertz CT molecular complexity index is 1590. The van der Waals surface area contributed by atoms with Crippen molar-refractivity contribution in [1.82, 2.24) is 25.2 Å². The predicted octanol–water partition coefficient (Wildman–Crippen LogP) is -2.50. The molecule has 222 valence electrons. The van der Waals surface area contributed by atoms with Crippen molar-refractivity contribution in [2.75, 3.05) is 23.0 Å². The van der Waals surface area contributed by atoms with Crippen LogP contribution in [0.2, 0.25) is 0 Å². The summed E-state index contributed by atoms with van der Waals surface area (Å²) in [6, 6.07) is 0. The first-order valence-corrected chi connectivity index (χ1v) is 14.3. The maximum Gasteiger partial charge on any atom is 0.350 e. The molecule has 8 N–H and O–H groups in total. The summed E-state index contributed by atoms with van der Waals surface area (Å²) in [5, 5.41) is 29.4. The summed E-state index contributed by atoms with van der Waals surface area (Å²) in [6.45, 7) is 4.41. The highest BCUT2D eigenvalue weighted by atomic mass is 32.2. The first kappa shape index (κ1) is 30.5. The Morgan fingerprint density at radius 3 is 2.60 bits per heavy atom. The van der Waals surface area contributed by atoms with Gasteiger partial charge in [0, 0.05) is 16.5 Å². The van der Waals surface area contributed by atoms with Crippen LogP contribution in [-0.4, -0.2) is 82.1 Å². The van der Waals surface area contributed by atoms with E-state index in [9.17, 15) is 29.4 Å². The smallest absolute Gasteiger partial charge is 0.350 e. The monoisotopic (exact) mass is 636 g/mol. The number of hydrogen-bond acceptors (Lipinski definition) is 16. The van der Waals surface area contributed by atoms with E-state index in [1.165, 1.54) is 23.8 Å². The zero-order valence-corrected chi connectivity index (χ0v) is 24.6. The van der Waals surface area contributed by atoms with Crippen LogP contribution in [0.3, 0.4) is 0 Å². The molecule has 42 heavy (non-hydrogen) atoms. The molecule has 1 saturated heterocycles. The number of β-lactam (4-membered cyclic amide) rings is 1. The van der Waals surface area contributed by atoms with Crippen LogP contribution in [0.4, 0.5) is 17.0 Å². The zero-order valence-electron chi connectivity index (χ0n) is 22.2. The second-order valence-corrected chi connectivity index (χ2v) is 11.5. The van der Waals surface area contributed by atoms with Crippen molar-refractivity contribution in [2.45, 2.75) is 43.8 Å². The third kappa shape index (κ3) is 5.07. The second-order valence-electron chi connectivity index (χ2n) is 9.32. The molecule has 4 rings (SSSR count). The van der Waals surface area contributed by atoms with Crippen LogP contribution in [0.5, 0.6) is 0 Å². The number of hydrogen-bond donors (Lipinski definition) is 5. The summed E-state index contributed by atoms with van der Waals surface area (Å²) < 4.78 is 1.43. The molecule has 1 fully saturated rings. The van der Waals surface area contributed by atoms with Gasteiger partial charge in [0.2, 0.25) is 11.4 Å². The largest absolute Gasteiger partial charge is 0.543 e. The molecular formula is C22H24N10O7S3. The van der Waals surface area contributed by atoms with E-state index in [2.05, 4.69) is 25.4 Å². The van der Waals surface area contributed by atoms with E-state index in [1.54, 1.807) is 6.92 Å². The molecule has 2 aromatic heterocycles. The number of thiazole rings is 1. The highest BCUT2D eigenvalue weighted by Gasteiger charge is 2.64. The molecule has 2 amide bonds. The molecule has 2 aliphatic rings. The first-order chi connectivity index (χ1) is 19.7. The van der Waals surface area contributed by atoms with Gasteiger partial charge in [-0.25, -0.2) is 14.3 Å². The summed E-state index contributed by atoms with van der Waals surface area (Å²) in [5.74, 6) is -5.11. The van der Waals surface area contributed by atoms with Gasteiger partial charge in [-0.05, 0) is 20.8 Å². The van der Waals surface area contributed by atoms with E-state index in [1.807, 2.05) is 0 Å². The summed E-state index contributed by atoms with van der Waals surface area (Å²) in [4.78, 5) is 69.1. The van der Waals surface area contributed by atoms with Gasteiger partial charge in [-0.2, -0.15) is 0 Å². The number of nitrogens with one attached hydrogen (secondary N) is 1. The molecule has 2 atom stereocenters. The van der Waals surface area contributed by atoms with Crippen molar-refractivity contribution < 1.29 is 38.8 Å². The average Bonchev–Trinajstić information content (AvgIpc) is 3.35. The third-order valence-corrected chi connectivity index (χ3v) is 8.64. The molecule has 0 aromatic carbocycles. The number of carbonyl (C=O) groups is 4. The lowest BCUT2D eigenvalue weighted by molar-refractivity contribution is -0.686. The number of carboxylic acids is 2. The predicted molar refractivity (Wildman–Crippen MR) is 152 cm³/mol. The number of nitrogen functional groups attached to an aromatic ring is 3. The van der Waals surface area contributed by atoms with Gasteiger partial charge in [-0.3, -0.25) is 14.5 Å². The van der Waals surface area contributed by atoms with Gasteiger partial charge in [0.25, 0.3) is 11.8 Å².